The quantitative estimate of drug-likeness (QED) is 0.645. The van der Waals surface area contributed by atoms with Gasteiger partial charge in [0, 0.05) is 17.3 Å². The number of nitrogens with one attached hydrogen (secondary N) is 1. The molecule has 146 valence electrons. The van der Waals surface area contributed by atoms with E-state index in [0.717, 1.165) is 6.42 Å². The lowest BCUT2D eigenvalue weighted by Crippen LogP contribution is -2.43. The fourth-order valence-electron chi connectivity index (χ4n) is 2.88. The lowest BCUT2D eigenvalue weighted by atomic mass is 9.93. The third kappa shape index (κ3) is 6.18. The van der Waals surface area contributed by atoms with Crippen LogP contribution in [0.5, 0.6) is 5.75 Å². The van der Waals surface area contributed by atoms with Crippen molar-refractivity contribution in [2.24, 2.45) is 11.7 Å². The first-order chi connectivity index (χ1) is 12.7. The normalized spacial score (nSPS) is 13.3. The number of hydrogen-bond acceptors (Lipinski definition) is 5. The van der Waals surface area contributed by atoms with Gasteiger partial charge in [-0.3, -0.25) is 5.32 Å². The van der Waals surface area contributed by atoms with Crippen LogP contribution in [0.1, 0.15) is 32.9 Å². The third-order valence-corrected chi connectivity index (χ3v) is 3.78. The highest BCUT2D eigenvalue weighted by Gasteiger charge is 2.22. The number of nitrogens with zero attached hydrogens (tertiary/aromatic N) is 2. The topological polar surface area (TPSA) is 110 Å². The van der Waals surface area contributed by atoms with Gasteiger partial charge in [-0.15, -0.1) is 0 Å². The van der Waals surface area contributed by atoms with Crippen molar-refractivity contribution in [2.45, 2.75) is 39.4 Å². The molecule has 0 aliphatic carbocycles. The van der Waals surface area contributed by atoms with Crippen LogP contribution >= 0.6 is 0 Å². The predicted octanol–water partition coefficient (Wildman–Crippen LogP) is 3.85. The van der Waals surface area contributed by atoms with Crippen LogP contribution in [0.25, 0.3) is 11.3 Å². The summed E-state index contributed by atoms with van der Waals surface area (Å²) in [5.41, 5.74) is 6.97. The molecule has 7 nitrogen and oxygen atoms in total. The number of carbonyl (C=O) groups is 1. The number of ether oxygens (including phenoxy) is 1. The number of aromatic nitrogens is 2. The van der Waals surface area contributed by atoms with Gasteiger partial charge in [0.25, 0.3) is 0 Å². The smallest absolute Gasteiger partial charge is 0.410 e. The third-order valence-electron chi connectivity index (χ3n) is 3.78. The Morgan fingerprint density at radius 2 is 2.15 bits per heavy atom. The highest BCUT2D eigenvalue weighted by Crippen LogP contribution is 2.26. The summed E-state index contributed by atoms with van der Waals surface area (Å²) in [5.74, 6) is 0.932. The van der Waals surface area contributed by atoms with Crippen molar-refractivity contribution in [2.75, 3.05) is 11.9 Å². The Labute approximate surface area is 157 Å². The predicted molar refractivity (Wildman–Crippen MR) is 101 cm³/mol. The lowest BCUT2D eigenvalue weighted by molar-refractivity contribution is 0.203. The van der Waals surface area contributed by atoms with Gasteiger partial charge in [0.1, 0.15) is 30.5 Å². The van der Waals surface area contributed by atoms with E-state index in [0.29, 0.717) is 22.9 Å². The maximum Gasteiger partial charge on any atom is 0.410 e. The van der Waals surface area contributed by atoms with Crippen molar-refractivity contribution >= 4 is 11.9 Å². The monoisotopic (exact) mass is 376 g/mol. The van der Waals surface area contributed by atoms with E-state index in [1.807, 2.05) is 6.92 Å². The number of hydrogen-bond donors (Lipinski definition) is 3. The molecule has 8 heteroatoms. The van der Waals surface area contributed by atoms with E-state index in [-0.39, 0.29) is 18.1 Å². The van der Waals surface area contributed by atoms with Gasteiger partial charge in [0.15, 0.2) is 0 Å². The largest absolute Gasteiger partial charge is 0.490 e. The van der Waals surface area contributed by atoms with E-state index in [1.54, 1.807) is 18.2 Å². The van der Waals surface area contributed by atoms with Gasteiger partial charge in [-0.2, -0.15) is 0 Å². The first kappa shape index (κ1) is 20.6. The summed E-state index contributed by atoms with van der Waals surface area (Å²) < 4.78 is 19.2. The maximum atomic E-state index is 13.5. The molecule has 0 aliphatic rings. The van der Waals surface area contributed by atoms with Gasteiger partial charge in [0.05, 0.1) is 5.69 Å². The number of rotatable bonds is 8. The Morgan fingerprint density at radius 1 is 1.41 bits per heavy atom. The highest BCUT2D eigenvalue weighted by molar-refractivity contribution is 5.82. The Kier molecular flexibility index (Phi) is 6.68. The molecule has 1 atom stereocenters. The van der Waals surface area contributed by atoms with Crippen LogP contribution < -0.4 is 15.8 Å². The van der Waals surface area contributed by atoms with E-state index >= 15 is 0 Å². The molecule has 0 bridgehead atoms. The number of alkyl halides is 1. The minimum atomic E-state index is -1.22. The summed E-state index contributed by atoms with van der Waals surface area (Å²) in [6.45, 7) is 5.52. The summed E-state index contributed by atoms with van der Waals surface area (Å²) in [6.07, 6.45) is 1.01. The molecule has 0 radical (unpaired) electrons. The molecular formula is C19H25FN4O3. The SMILES string of the molecule is CC(C)CC(C)(N)COc1ccc(-c2ccnc(NC(=O)O)c2)nc1CF. The molecule has 0 saturated heterocycles. The van der Waals surface area contributed by atoms with Crippen LogP contribution in [0, 0.1) is 5.92 Å². The van der Waals surface area contributed by atoms with Gasteiger partial charge in [-0.25, -0.2) is 19.2 Å². The zero-order valence-electron chi connectivity index (χ0n) is 15.7. The van der Waals surface area contributed by atoms with Crippen LogP contribution in [0.3, 0.4) is 0 Å². The van der Waals surface area contributed by atoms with E-state index in [2.05, 4.69) is 29.1 Å². The zero-order chi connectivity index (χ0) is 20.0. The van der Waals surface area contributed by atoms with E-state index < -0.39 is 18.3 Å². The number of nitrogens with two attached hydrogens (primary N) is 1. The minimum absolute atomic E-state index is 0.163. The molecule has 2 heterocycles. The zero-order valence-corrected chi connectivity index (χ0v) is 15.7. The van der Waals surface area contributed by atoms with Gasteiger partial charge in [-0.1, -0.05) is 13.8 Å². The van der Waals surface area contributed by atoms with Gasteiger partial charge in [0.2, 0.25) is 0 Å². The van der Waals surface area contributed by atoms with Crippen LogP contribution in [0.4, 0.5) is 15.0 Å². The molecule has 27 heavy (non-hydrogen) atoms. The molecule has 0 saturated carbocycles. The first-order valence-corrected chi connectivity index (χ1v) is 8.64. The van der Waals surface area contributed by atoms with E-state index in [9.17, 15) is 9.18 Å². The van der Waals surface area contributed by atoms with Crippen LogP contribution in [0.2, 0.25) is 0 Å². The van der Waals surface area contributed by atoms with Crippen molar-refractivity contribution in [1.29, 1.82) is 0 Å². The minimum Gasteiger partial charge on any atom is -0.490 e. The molecule has 0 aromatic carbocycles. The Balaban J connectivity index is 2.20. The van der Waals surface area contributed by atoms with E-state index in [4.69, 9.17) is 15.6 Å². The second kappa shape index (κ2) is 8.77. The summed E-state index contributed by atoms with van der Waals surface area (Å²) in [7, 11) is 0. The van der Waals surface area contributed by atoms with Crippen molar-refractivity contribution in [3.63, 3.8) is 0 Å². The molecule has 4 N–H and O–H groups in total. The molecule has 2 aromatic heterocycles. The average Bonchev–Trinajstić information content (AvgIpc) is 2.58. The average molecular weight is 376 g/mol. The van der Waals surface area contributed by atoms with Gasteiger partial charge in [-0.05, 0) is 43.5 Å². The Bertz CT molecular complexity index is 796. The Morgan fingerprint density at radius 3 is 2.78 bits per heavy atom. The van der Waals surface area contributed by atoms with E-state index in [1.165, 1.54) is 12.3 Å². The maximum absolute atomic E-state index is 13.5. The summed E-state index contributed by atoms with van der Waals surface area (Å²) in [5, 5.41) is 11.0. The number of halogens is 1. The summed E-state index contributed by atoms with van der Waals surface area (Å²) in [4.78, 5) is 19.0. The summed E-state index contributed by atoms with van der Waals surface area (Å²) >= 11 is 0. The molecule has 0 fully saturated rings. The van der Waals surface area contributed by atoms with Crippen LogP contribution in [0.15, 0.2) is 30.5 Å². The lowest BCUT2D eigenvalue weighted by Gasteiger charge is -2.27. The van der Waals surface area contributed by atoms with Crippen LogP contribution in [-0.2, 0) is 6.67 Å². The fourth-order valence-corrected chi connectivity index (χ4v) is 2.88. The second-order valence-electron chi connectivity index (χ2n) is 7.18. The van der Waals surface area contributed by atoms with Crippen LogP contribution in [-0.4, -0.2) is 33.3 Å². The molecule has 2 rings (SSSR count). The molecular weight excluding hydrogens is 351 g/mol. The molecule has 2 aromatic rings. The molecule has 1 unspecified atom stereocenters. The fraction of sp³-hybridized carbons (Fsp3) is 0.421. The number of anilines is 1. The van der Waals surface area contributed by atoms with Crippen molar-refractivity contribution < 1.29 is 19.0 Å². The van der Waals surface area contributed by atoms with Crippen molar-refractivity contribution in [1.82, 2.24) is 9.97 Å². The summed E-state index contributed by atoms with van der Waals surface area (Å²) in [6, 6.07) is 6.52. The highest BCUT2D eigenvalue weighted by atomic mass is 19.1. The Hall–Kier alpha value is -2.74. The molecule has 0 aliphatic heterocycles. The number of pyridine rings is 2. The standard InChI is InChI=1S/C19H25FN4O3/c1-12(2)9-19(3,21)11-27-16-5-4-14(23-15(16)10-20)13-6-7-22-17(8-13)24-18(25)26/h4-8,12H,9-11,21H2,1-3H3,(H,22,24)(H,25,26). The van der Waals surface area contributed by atoms with Gasteiger partial charge < -0.3 is 15.6 Å². The number of amides is 1. The van der Waals surface area contributed by atoms with Gasteiger partial charge >= 0.3 is 6.09 Å². The molecule has 1 amide bonds. The second-order valence-corrected chi connectivity index (χ2v) is 7.18. The number of carboxylic acid groups (broad SMARTS) is 1. The van der Waals surface area contributed by atoms with Crippen molar-refractivity contribution in [3.05, 3.63) is 36.2 Å². The van der Waals surface area contributed by atoms with Crippen molar-refractivity contribution in [3.8, 4) is 17.0 Å². The first-order valence-electron chi connectivity index (χ1n) is 8.64. The molecule has 0 spiro atoms.